The molecule has 1 fully saturated rings. The van der Waals surface area contributed by atoms with E-state index in [9.17, 15) is 15.0 Å². The van der Waals surface area contributed by atoms with Gasteiger partial charge in [0.2, 0.25) is 0 Å². The molecule has 0 bridgehead atoms. The monoisotopic (exact) mass is 237 g/mol. The highest BCUT2D eigenvalue weighted by atomic mass is 16.5. The second kappa shape index (κ2) is 4.63. The second-order valence-electron chi connectivity index (χ2n) is 4.12. The fourth-order valence-electron chi connectivity index (χ4n) is 1.88. The highest BCUT2D eigenvalue weighted by Gasteiger charge is 2.27. The van der Waals surface area contributed by atoms with Crippen molar-refractivity contribution in [2.24, 2.45) is 0 Å². The molecular weight excluding hydrogens is 222 g/mol. The first-order valence-corrected chi connectivity index (χ1v) is 5.53. The Hall–Kier alpha value is -1.75. The number of para-hydroxylation sites is 1. The summed E-state index contributed by atoms with van der Waals surface area (Å²) in [4.78, 5) is 11.9. The van der Waals surface area contributed by atoms with Crippen LogP contribution in [0.4, 0.5) is 0 Å². The third-order valence-electron chi connectivity index (χ3n) is 2.95. The van der Waals surface area contributed by atoms with Crippen molar-refractivity contribution in [1.82, 2.24) is 5.32 Å². The van der Waals surface area contributed by atoms with E-state index in [0.29, 0.717) is 6.61 Å². The molecule has 0 radical (unpaired) electrons. The average molecular weight is 237 g/mol. The summed E-state index contributed by atoms with van der Waals surface area (Å²) in [5.74, 6) is -1.09. The van der Waals surface area contributed by atoms with Crippen LogP contribution in [0.25, 0.3) is 0 Å². The Bertz CT molecular complexity index is 433. The Morgan fingerprint density at radius 3 is 2.88 bits per heavy atom. The van der Waals surface area contributed by atoms with E-state index >= 15 is 0 Å². The zero-order valence-electron chi connectivity index (χ0n) is 9.51. The summed E-state index contributed by atoms with van der Waals surface area (Å²) in [5.41, 5.74) is 0.0732. The number of nitrogens with one attached hydrogen (secondary N) is 1. The van der Waals surface area contributed by atoms with Gasteiger partial charge in [0.15, 0.2) is 11.5 Å². The molecule has 0 aromatic heterocycles. The van der Waals surface area contributed by atoms with Crippen molar-refractivity contribution in [2.75, 3.05) is 6.61 Å². The third-order valence-corrected chi connectivity index (χ3v) is 2.95. The molecule has 0 aliphatic carbocycles. The Labute approximate surface area is 99.0 Å². The van der Waals surface area contributed by atoms with Gasteiger partial charge in [-0.3, -0.25) is 4.79 Å². The van der Waals surface area contributed by atoms with Gasteiger partial charge in [-0.2, -0.15) is 0 Å². The first kappa shape index (κ1) is 11.7. The summed E-state index contributed by atoms with van der Waals surface area (Å²) in [7, 11) is 0. The van der Waals surface area contributed by atoms with Crippen LogP contribution in [0.2, 0.25) is 0 Å². The standard InChI is InChI=1S/C12H15NO4/c1-7-9(5-6-17-7)13-12(16)8-3-2-4-10(14)11(8)15/h2-4,7,9,14-15H,5-6H2,1H3,(H,13,16). The molecule has 2 unspecified atom stereocenters. The molecule has 2 rings (SSSR count). The quantitative estimate of drug-likeness (QED) is 0.671. The van der Waals surface area contributed by atoms with Gasteiger partial charge in [-0.05, 0) is 25.5 Å². The van der Waals surface area contributed by atoms with Gasteiger partial charge >= 0.3 is 0 Å². The lowest BCUT2D eigenvalue weighted by molar-refractivity contribution is 0.0863. The molecule has 0 spiro atoms. The molecule has 1 amide bonds. The van der Waals surface area contributed by atoms with Crippen molar-refractivity contribution in [3.63, 3.8) is 0 Å². The van der Waals surface area contributed by atoms with E-state index in [1.54, 1.807) is 0 Å². The molecule has 2 atom stereocenters. The van der Waals surface area contributed by atoms with Gasteiger partial charge < -0.3 is 20.3 Å². The van der Waals surface area contributed by atoms with Crippen LogP contribution in [0.3, 0.4) is 0 Å². The Kier molecular flexibility index (Phi) is 3.19. The van der Waals surface area contributed by atoms with Crippen LogP contribution in [0, 0.1) is 0 Å². The maximum atomic E-state index is 11.9. The Balaban J connectivity index is 2.12. The van der Waals surface area contributed by atoms with Crippen molar-refractivity contribution in [3.05, 3.63) is 23.8 Å². The number of carbonyl (C=O) groups excluding carboxylic acids is 1. The average Bonchev–Trinajstić information content (AvgIpc) is 2.68. The summed E-state index contributed by atoms with van der Waals surface area (Å²) in [6, 6.07) is 4.25. The molecule has 5 heteroatoms. The molecule has 1 aromatic carbocycles. The fourth-order valence-corrected chi connectivity index (χ4v) is 1.88. The minimum absolute atomic E-state index is 0.0293. The highest BCUT2D eigenvalue weighted by molar-refractivity contribution is 5.97. The third kappa shape index (κ3) is 2.34. The Morgan fingerprint density at radius 1 is 1.47 bits per heavy atom. The number of hydrogen-bond acceptors (Lipinski definition) is 4. The van der Waals surface area contributed by atoms with Crippen LogP contribution in [0.1, 0.15) is 23.7 Å². The zero-order valence-corrected chi connectivity index (χ0v) is 9.51. The fraction of sp³-hybridized carbons (Fsp3) is 0.417. The van der Waals surface area contributed by atoms with Crippen molar-refractivity contribution < 1.29 is 19.7 Å². The number of phenolic OH excluding ortho intramolecular Hbond substituents is 2. The van der Waals surface area contributed by atoms with Crippen molar-refractivity contribution >= 4 is 5.91 Å². The minimum atomic E-state index is -0.402. The molecule has 1 heterocycles. The van der Waals surface area contributed by atoms with Gasteiger partial charge in [0.25, 0.3) is 5.91 Å². The number of rotatable bonds is 2. The van der Waals surface area contributed by atoms with E-state index in [1.165, 1.54) is 18.2 Å². The highest BCUT2D eigenvalue weighted by Crippen LogP contribution is 2.28. The molecule has 92 valence electrons. The van der Waals surface area contributed by atoms with E-state index in [4.69, 9.17) is 4.74 Å². The molecule has 17 heavy (non-hydrogen) atoms. The lowest BCUT2D eigenvalue weighted by atomic mass is 10.1. The van der Waals surface area contributed by atoms with E-state index in [-0.39, 0.29) is 23.5 Å². The number of hydrogen-bond donors (Lipinski definition) is 3. The maximum Gasteiger partial charge on any atom is 0.255 e. The van der Waals surface area contributed by atoms with Gasteiger partial charge in [-0.15, -0.1) is 0 Å². The van der Waals surface area contributed by atoms with Crippen molar-refractivity contribution in [1.29, 1.82) is 0 Å². The molecule has 5 nitrogen and oxygen atoms in total. The number of amides is 1. The molecule has 1 aliphatic heterocycles. The number of ether oxygens (including phenoxy) is 1. The van der Waals surface area contributed by atoms with Crippen LogP contribution in [0.15, 0.2) is 18.2 Å². The maximum absolute atomic E-state index is 11.9. The summed E-state index contributed by atoms with van der Waals surface area (Å²) in [6.07, 6.45) is 0.727. The molecular formula is C12H15NO4. The SMILES string of the molecule is CC1OCCC1NC(=O)c1cccc(O)c1O. The molecule has 1 aromatic rings. The van der Waals surface area contributed by atoms with Crippen LogP contribution in [-0.2, 0) is 4.74 Å². The van der Waals surface area contributed by atoms with Gasteiger partial charge in [0.05, 0.1) is 17.7 Å². The predicted octanol–water partition coefficient (Wildman–Crippen LogP) is 1.01. The summed E-state index contributed by atoms with van der Waals surface area (Å²) in [6.45, 7) is 2.51. The lowest BCUT2D eigenvalue weighted by Crippen LogP contribution is -2.39. The molecule has 3 N–H and O–H groups in total. The van der Waals surface area contributed by atoms with Crippen LogP contribution < -0.4 is 5.32 Å². The molecule has 1 aliphatic rings. The number of aromatic hydroxyl groups is 2. The minimum Gasteiger partial charge on any atom is -0.504 e. The predicted molar refractivity (Wildman–Crippen MR) is 61.1 cm³/mol. The van der Waals surface area contributed by atoms with Crippen molar-refractivity contribution in [3.8, 4) is 11.5 Å². The summed E-state index contributed by atoms with van der Waals surface area (Å²) in [5, 5.41) is 21.7. The van der Waals surface area contributed by atoms with Gasteiger partial charge in [-0.1, -0.05) is 6.07 Å². The largest absolute Gasteiger partial charge is 0.504 e. The zero-order chi connectivity index (χ0) is 12.4. The number of carbonyl (C=O) groups is 1. The van der Waals surface area contributed by atoms with E-state index < -0.39 is 11.7 Å². The van der Waals surface area contributed by atoms with E-state index in [1.807, 2.05) is 6.92 Å². The lowest BCUT2D eigenvalue weighted by Gasteiger charge is -2.16. The smallest absolute Gasteiger partial charge is 0.255 e. The van der Waals surface area contributed by atoms with Gasteiger partial charge in [-0.25, -0.2) is 0 Å². The Morgan fingerprint density at radius 2 is 2.24 bits per heavy atom. The summed E-state index contributed by atoms with van der Waals surface area (Å²) < 4.78 is 5.33. The normalized spacial score (nSPS) is 23.6. The van der Waals surface area contributed by atoms with Crippen LogP contribution in [0.5, 0.6) is 11.5 Å². The number of phenols is 2. The first-order valence-electron chi connectivity index (χ1n) is 5.53. The van der Waals surface area contributed by atoms with Gasteiger partial charge in [0, 0.05) is 6.61 Å². The second-order valence-corrected chi connectivity index (χ2v) is 4.12. The number of benzene rings is 1. The van der Waals surface area contributed by atoms with E-state index in [0.717, 1.165) is 6.42 Å². The van der Waals surface area contributed by atoms with E-state index in [2.05, 4.69) is 5.32 Å². The summed E-state index contributed by atoms with van der Waals surface area (Å²) >= 11 is 0. The molecule has 0 saturated carbocycles. The van der Waals surface area contributed by atoms with Crippen molar-refractivity contribution in [2.45, 2.75) is 25.5 Å². The van der Waals surface area contributed by atoms with Crippen LogP contribution in [-0.4, -0.2) is 34.9 Å². The topological polar surface area (TPSA) is 78.8 Å². The first-order chi connectivity index (χ1) is 8.09. The molecule has 1 saturated heterocycles. The van der Waals surface area contributed by atoms with Gasteiger partial charge in [0.1, 0.15) is 0 Å². The van der Waals surface area contributed by atoms with Crippen LogP contribution >= 0.6 is 0 Å².